The molecule has 0 aliphatic heterocycles. The van der Waals surface area contributed by atoms with Gasteiger partial charge in [-0.1, -0.05) is 36.4 Å². The summed E-state index contributed by atoms with van der Waals surface area (Å²) >= 11 is 0. The Morgan fingerprint density at radius 3 is 2.42 bits per heavy atom. The largest absolute Gasteiger partial charge is 0.392 e. The summed E-state index contributed by atoms with van der Waals surface area (Å²) in [6.45, 7) is 2.65. The van der Waals surface area contributed by atoms with E-state index in [9.17, 15) is 0 Å². The average Bonchev–Trinajstić information content (AvgIpc) is 2.45. The molecule has 0 aliphatic carbocycles. The third kappa shape index (κ3) is 3.12. The molecule has 0 saturated carbocycles. The van der Waals surface area contributed by atoms with Gasteiger partial charge in [-0.05, 0) is 29.7 Å². The molecule has 0 spiro atoms. The van der Waals surface area contributed by atoms with Crippen molar-refractivity contribution in [3.63, 3.8) is 0 Å². The van der Waals surface area contributed by atoms with Crippen LogP contribution in [0.15, 0.2) is 42.5 Å². The van der Waals surface area contributed by atoms with Crippen LogP contribution in [0.2, 0.25) is 0 Å². The number of nitriles is 1. The monoisotopic (exact) mass is 252 g/mol. The van der Waals surface area contributed by atoms with Crippen LogP contribution in [0.1, 0.15) is 22.3 Å². The number of hydrogen-bond donors (Lipinski definition) is 2. The third-order valence-electron chi connectivity index (χ3n) is 3.07. The fourth-order valence-corrected chi connectivity index (χ4v) is 1.92. The van der Waals surface area contributed by atoms with Gasteiger partial charge in [0, 0.05) is 6.54 Å². The van der Waals surface area contributed by atoms with Crippen molar-refractivity contribution in [2.24, 2.45) is 0 Å². The van der Waals surface area contributed by atoms with E-state index in [0.717, 1.165) is 22.4 Å². The van der Waals surface area contributed by atoms with Crippen LogP contribution in [-0.4, -0.2) is 5.11 Å². The summed E-state index contributed by atoms with van der Waals surface area (Å²) in [4.78, 5) is 0. The molecule has 0 unspecified atom stereocenters. The molecule has 0 atom stereocenters. The Labute approximate surface area is 113 Å². The third-order valence-corrected chi connectivity index (χ3v) is 3.07. The highest BCUT2D eigenvalue weighted by Crippen LogP contribution is 2.19. The molecule has 0 amide bonds. The number of nitrogens with one attached hydrogen (secondary N) is 1. The summed E-state index contributed by atoms with van der Waals surface area (Å²) in [7, 11) is 0. The molecule has 19 heavy (non-hydrogen) atoms. The SMILES string of the molecule is Cc1cccc(NCc2ccc(CO)cc2)c1C#N. The Hall–Kier alpha value is -2.31. The Morgan fingerprint density at radius 1 is 1.11 bits per heavy atom. The molecule has 0 bridgehead atoms. The van der Waals surface area contributed by atoms with Crippen molar-refractivity contribution in [3.8, 4) is 6.07 Å². The molecule has 0 saturated heterocycles. The van der Waals surface area contributed by atoms with E-state index < -0.39 is 0 Å². The van der Waals surface area contributed by atoms with Gasteiger partial charge in [0.05, 0.1) is 17.9 Å². The number of benzene rings is 2. The maximum atomic E-state index is 9.15. The molecule has 0 radical (unpaired) electrons. The number of nitrogens with zero attached hydrogens (tertiary/aromatic N) is 1. The van der Waals surface area contributed by atoms with E-state index in [1.165, 1.54) is 0 Å². The Morgan fingerprint density at radius 2 is 1.79 bits per heavy atom. The predicted octanol–water partition coefficient (Wildman–Crippen LogP) is 2.97. The summed E-state index contributed by atoms with van der Waals surface area (Å²) in [5.74, 6) is 0. The lowest BCUT2D eigenvalue weighted by molar-refractivity contribution is 0.282. The molecule has 0 aromatic heterocycles. The minimum Gasteiger partial charge on any atom is -0.392 e. The van der Waals surface area contributed by atoms with Crippen LogP contribution < -0.4 is 5.32 Å². The zero-order valence-corrected chi connectivity index (χ0v) is 10.9. The van der Waals surface area contributed by atoms with E-state index in [2.05, 4.69) is 11.4 Å². The maximum Gasteiger partial charge on any atom is 0.102 e. The summed E-state index contributed by atoms with van der Waals surface area (Å²) in [5.41, 5.74) is 4.53. The molecule has 0 fully saturated rings. The van der Waals surface area contributed by atoms with E-state index in [-0.39, 0.29) is 6.61 Å². The highest BCUT2D eigenvalue weighted by atomic mass is 16.3. The lowest BCUT2D eigenvalue weighted by Gasteiger charge is -2.10. The fourth-order valence-electron chi connectivity index (χ4n) is 1.92. The molecule has 2 rings (SSSR count). The first-order chi connectivity index (χ1) is 9.24. The summed E-state index contributed by atoms with van der Waals surface area (Å²) in [5, 5.41) is 21.4. The van der Waals surface area contributed by atoms with Crippen LogP contribution >= 0.6 is 0 Å². The fraction of sp³-hybridized carbons (Fsp3) is 0.188. The van der Waals surface area contributed by atoms with Gasteiger partial charge >= 0.3 is 0 Å². The maximum absolute atomic E-state index is 9.15. The second-order valence-corrected chi connectivity index (χ2v) is 4.44. The topological polar surface area (TPSA) is 56.0 Å². The van der Waals surface area contributed by atoms with Crippen LogP contribution in [0.3, 0.4) is 0 Å². The number of aliphatic hydroxyl groups excluding tert-OH is 1. The zero-order chi connectivity index (χ0) is 13.7. The van der Waals surface area contributed by atoms with Gasteiger partial charge in [-0.15, -0.1) is 0 Å². The Kier molecular flexibility index (Phi) is 4.17. The minimum absolute atomic E-state index is 0.0597. The number of aliphatic hydroxyl groups is 1. The van der Waals surface area contributed by atoms with Gasteiger partial charge < -0.3 is 10.4 Å². The van der Waals surface area contributed by atoms with Gasteiger partial charge in [0.1, 0.15) is 6.07 Å². The van der Waals surface area contributed by atoms with E-state index in [1.807, 2.05) is 49.4 Å². The number of aryl methyl sites for hydroxylation is 1. The molecule has 96 valence electrons. The predicted molar refractivity (Wildman–Crippen MR) is 75.6 cm³/mol. The summed E-state index contributed by atoms with van der Waals surface area (Å²) < 4.78 is 0. The van der Waals surface area contributed by atoms with Gasteiger partial charge in [-0.2, -0.15) is 5.26 Å². The number of rotatable bonds is 4. The molecule has 3 heteroatoms. The van der Waals surface area contributed by atoms with Crippen LogP contribution in [0.25, 0.3) is 0 Å². The standard InChI is InChI=1S/C16H16N2O/c1-12-3-2-4-16(15(12)9-17)18-10-13-5-7-14(11-19)8-6-13/h2-8,18-19H,10-11H2,1H3. The first-order valence-electron chi connectivity index (χ1n) is 6.17. The normalized spacial score (nSPS) is 9.95. The van der Waals surface area contributed by atoms with Crippen molar-refractivity contribution in [1.29, 1.82) is 5.26 Å². The summed E-state index contributed by atoms with van der Waals surface area (Å²) in [6, 6.07) is 15.7. The number of anilines is 1. The van der Waals surface area contributed by atoms with Crippen molar-refractivity contribution in [3.05, 3.63) is 64.7 Å². The smallest absolute Gasteiger partial charge is 0.102 e. The van der Waals surface area contributed by atoms with Crippen molar-refractivity contribution in [2.75, 3.05) is 5.32 Å². The first kappa shape index (κ1) is 13.1. The van der Waals surface area contributed by atoms with Crippen LogP contribution in [0.4, 0.5) is 5.69 Å². The summed E-state index contributed by atoms with van der Waals surface area (Å²) in [6.07, 6.45) is 0. The lowest BCUT2D eigenvalue weighted by Crippen LogP contribution is -2.02. The second-order valence-electron chi connectivity index (χ2n) is 4.44. The molecule has 2 aromatic carbocycles. The number of hydrogen-bond acceptors (Lipinski definition) is 3. The second kappa shape index (κ2) is 6.03. The van der Waals surface area contributed by atoms with Crippen molar-refractivity contribution < 1.29 is 5.11 Å². The molecule has 2 N–H and O–H groups in total. The molecule has 3 nitrogen and oxygen atoms in total. The van der Waals surface area contributed by atoms with Crippen molar-refractivity contribution >= 4 is 5.69 Å². The van der Waals surface area contributed by atoms with Crippen LogP contribution in [0.5, 0.6) is 0 Å². The van der Waals surface area contributed by atoms with Crippen molar-refractivity contribution in [1.82, 2.24) is 0 Å². The average molecular weight is 252 g/mol. The van der Waals surface area contributed by atoms with Crippen LogP contribution in [-0.2, 0) is 13.2 Å². The molecule has 0 aliphatic rings. The molecule has 0 heterocycles. The van der Waals surface area contributed by atoms with E-state index in [4.69, 9.17) is 10.4 Å². The first-order valence-corrected chi connectivity index (χ1v) is 6.17. The zero-order valence-electron chi connectivity index (χ0n) is 10.9. The highest BCUT2D eigenvalue weighted by molar-refractivity contribution is 5.60. The van der Waals surface area contributed by atoms with Crippen LogP contribution in [0, 0.1) is 18.3 Å². The van der Waals surface area contributed by atoms with Gasteiger partial charge in [-0.3, -0.25) is 0 Å². The molecular weight excluding hydrogens is 236 g/mol. The lowest BCUT2D eigenvalue weighted by atomic mass is 10.1. The van der Waals surface area contributed by atoms with Gasteiger partial charge in [-0.25, -0.2) is 0 Å². The Balaban J connectivity index is 2.10. The quantitative estimate of drug-likeness (QED) is 0.879. The van der Waals surface area contributed by atoms with Crippen molar-refractivity contribution in [2.45, 2.75) is 20.1 Å². The van der Waals surface area contributed by atoms with E-state index in [1.54, 1.807) is 0 Å². The minimum atomic E-state index is 0.0597. The highest BCUT2D eigenvalue weighted by Gasteiger charge is 2.04. The Bertz CT molecular complexity index is 597. The van der Waals surface area contributed by atoms with Gasteiger partial charge in [0.25, 0.3) is 0 Å². The molecular formula is C16H16N2O. The molecule has 2 aromatic rings. The van der Waals surface area contributed by atoms with E-state index >= 15 is 0 Å². The van der Waals surface area contributed by atoms with Gasteiger partial charge in [0.2, 0.25) is 0 Å². The van der Waals surface area contributed by atoms with Gasteiger partial charge in [0.15, 0.2) is 0 Å². The van der Waals surface area contributed by atoms with E-state index in [0.29, 0.717) is 12.1 Å².